The number of benzene rings is 1. The van der Waals surface area contributed by atoms with E-state index in [4.69, 9.17) is 24.5 Å². The van der Waals surface area contributed by atoms with Gasteiger partial charge in [0.05, 0.1) is 25.4 Å². The monoisotopic (exact) mass is 383 g/mol. The van der Waals surface area contributed by atoms with E-state index in [1.54, 1.807) is 0 Å². The maximum absolute atomic E-state index is 6.28. The van der Waals surface area contributed by atoms with E-state index in [-0.39, 0.29) is 12.4 Å². The molecule has 1 aromatic carbocycles. The molecule has 8 heteroatoms. The van der Waals surface area contributed by atoms with Crippen LogP contribution in [-0.4, -0.2) is 30.0 Å². The van der Waals surface area contributed by atoms with E-state index in [9.17, 15) is 0 Å². The Labute approximate surface area is 159 Å². The molecule has 2 N–H and O–H groups in total. The van der Waals surface area contributed by atoms with Crippen LogP contribution in [0.5, 0.6) is 17.2 Å². The number of ether oxygens (including phenoxy) is 3. The first-order valence-electron chi connectivity index (χ1n) is 8.81. The molecule has 1 aliphatic rings. The van der Waals surface area contributed by atoms with Crippen molar-refractivity contribution >= 4 is 12.4 Å². The molecule has 1 aromatic heterocycles. The lowest BCUT2D eigenvalue weighted by Gasteiger charge is -2.34. The Bertz CT molecular complexity index is 704. The van der Waals surface area contributed by atoms with Crippen molar-refractivity contribution in [1.29, 1.82) is 0 Å². The van der Waals surface area contributed by atoms with Gasteiger partial charge in [0.15, 0.2) is 17.3 Å². The van der Waals surface area contributed by atoms with Crippen LogP contribution in [0.4, 0.5) is 0 Å². The number of nitrogens with two attached hydrogens (primary N) is 1. The topological polar surface area (TPSA) is 92.6 Å². The van der Waals surface area contributed by atoms with Crippen LogP contribution in [-0.2, 0) is 5.54 Å². The van der Waals surface area contributed by atoms with E-state index in [2.05, 4.69) is 10.1 Å². The summed E-state index contributed by atoms with van der Waals surface area (Å²) in [6, 6.07) is 3.66. The third-order valence-electron chi connectivity index (χ3n) is 4.27. The molecule has 144 valence electrons. The maximum atomic E-state index is 6.28. The molecule has 7 nitrogen and oxygen atoms in total. The molecular formula is C18H26ClN3O4. The molecule has 0 bridgehead atoms. The van der Waals surface area contributed by atoms with Crippen LogP contribution in [0.3, 0.4) is 0 Å². The SMILES string of the molecule is CCOc1cc(-c2nc(C3(N)CCC3)no2)cc(OCC)c1OCC.Cl. The molecule has 0 saturated heterocycles. The fourth-order valence-corrected chi connectivity index (χ4v) is 2.84. The first-order chi connectivity index (χ1) is 12.1. The summed E-state index contributed by atoms with van der Waals surface area (Å²) in [5.41, 5.74) is 6.54. The number of hydrogen-bond donors (Lipinski definition) is 1. The zero-order valence-electron chi connectivity index (χ0n) is 15.4. The van der Waals surface area contributed by atoms with Gasteiger partial charge < -0.3 is 24.5 Å². The fourth-order valence-electron chi connectivity index (χ4n) is 2.84. The van der Waals surface area contributed by atoms with Crippen molar-refractivity contribution in [2.24, 2.45) is 5.73 Å². The average Bonchev–Trinajstić information content (AvgIpc) is 3.06. The highest BCUT2D eigenvalue weighted by Crippen LogP contribution is 2.42. The highest BCUT2D eigenvalue weighted by Gasteiger charge is 2.39. The predicted octanol–water partition coefficient (Wildman–Crippen LogP) is 3.69. The third-order valence-corrected chi connectivity index (χ3v) is 4.27. The largest absolute Gasteiger partial charge is 0.490 e. The van der Waals surface area contributed by atoms with Crippen LogP contribution in [0.15, 0.2) is 16.7 Å². The summed E-state index contributed by atoms with van der Waals surface area (Å²) in [6.07, 6.45) is 2.85. The average molecular weight is 384 g/mol. The number of halogens is 1. The minimum Gasteiger partial charge on any atom is -0.490 e. The van der Waals surface area contributed by atoms with Crippen molar-refractivity contribution in [3.63, 3.8) is 0 Å². The molecule has 0 radical (unpaired) electrons. The standard InChI is InChI=1S/C18H25N3O4.ClH/c1-4-22-13-10-12(11-14(23-5-2)15(13)24-6-3)16-20-17(21-25-16)18(19)8-7-9-18;/h10-11H,4-9,19H2,1-3H3;1H. The van der Waals surface area contributed by atoms with Gasteiger partial charge >= 0.3 is 0 Å². The highest BCUT2D eigenvalue weighted by molar-refractivity contribution is 5.85. The van der Waals surface area contributed by atoms with Crippen molar-refractivity contribution in [3.05, 3.63) is 18.0 Å². The van der Waals surface area contributed by atoms with Crippen LogP contribution in [0.25, 0.3) is 11.5 Å². The van der Waals surface area contributed by atoms with Gasteiger partial charge in [-0.25, -0.2) is 0 Å². The van der Waals surface area contributed by atoms with E-state index in [1.807, 2.05) is 32.9 Å². The van der Waals surface area contributed by atoms with Gasteiger partial charge in [-0.05, 0) is 52.2 Å². The Morgan fingerprint density at radius 2 is 1.62 bits per heavy atom. The Hall–Kier alpha value is -1.99. The number of nitrogens with zero attached hydrogens (tertiary/aromatic N) is 2. The number of aromatic nitrogens is 2. The van der Waals surface area contributed by atoms with Gasteiger partial charge in [0.1, 0.15) is 0 Å². The van der Waals surface area contributed by atoms with E-state index in [0.717, 1.165) is 24.8 Å². The Morgan fingerprint density at radius 3 is 2.08 bits per heavy atom. The second-order valence-corrected chi connectivity index (χ2v) is 6.03. The molecule has 26 heavy (non-hydrogen) atoms. The molecule has 2 aromatic rings. The molecule has 1 aliphatic carbocycles. The molecule has 0 aliphatic heterocycles. The van der Waals surface area contributed by atoms with Gasteiger partial charge in [0.2, 0.25) is 5.75 Å². The summed E-state index contributed by atoms with van der Waals surface area (Å²) in [5.74, 6) is 2.73. The molecule has 3 rings (SSSR count). The zero-order valence-corrected chi connectivity index (χ0v) is 16.2. The summed E-state index contributed by atoms with van der Waals surface area (Å²) in [4.78, 5) is 4.50. The molecule has 1 saturated carbocycles. The summed E-state index contributed by atoms with van der Waals surface area (Å²) in [5, 5.41) is 4.07. The normalized spacial score (nSPS) is 14.9. The smallest absolute Gasteiger partial charge is 0.258 e. The first-order valence-corrected chi connectivity index (χ1v) is 8.81. The van der Waals surface area contributed by atoms with Crippen LogP contribution in [0.2, 0.25) is 0 Å². The van der Waals surface area contributed by atoms with Crippen LogP contribution >= 0.6 is 12.4 Å². The van der Waals surface area contributed by atoms with Crippen molar-refractivity contribution < 1.29 is 18.7 Å². The summed E-state index contributed by atoms with van der Waals surface area (Å²) < 4.78 is 22.6. The lowest BCUT2D eigenvalue weighted by atomic mass is 9.77. The molecule has 0 unspecified atom stereocenters. The number of hydrogen-bond acceptors (Lipinski definition) is 7. The molecule has 0 spiro atoms. The van der Waals surface area contributed by atoms with Gasteiger partial charge in [0, 0.05) is 5.56 Å². The predicted molar refractivity (Wildman–Crippen MR) is 100 cm³/mol. The van der Waals surface area contributed by atoms with Gasteiger partial charge in [-0.1, -0.05) is 5.16 Å². The van der Waals surface area contributed by atoms with Crippen LogP contribution < -0.4 is 19.9 Å². The van der Waals surface area contributed by atoms with E-state index in [1.165, 1.54) is 0 Å². The van der Waals surface area contributed by atoms with Crippen molar-refractivity contribution in [2.45, 2.75) is 45.6 Å². The Morgan fingerprint density at radius 1 is 1.04 bits per heavy atom. The van der Waals surface area contributed by atoms with E-state index < -0.39 is 5.54 Å². The van der Waals surface area contributed by atoms with Gasteiger partial charge in [-0.3, -0.25) is 0 Å². The maximum Gasteiger partial charge on any atom is 0.258 e. The van der Waals surface area contributed by atoms with E-state index >= 15 is 0 Å². The zero-order chi connectivity index (χ0) is 17.9. The summed E-state index contributed by atoms with van der Waals surface area (Å²) in [7, 11) is 0. The van der Waals surface area contributed by atoms with Crippen LogP contribution in [0, 0.1) is 0 Å². The second kappa shape index (κ2) is 8.60. The first kappa shape index (κ1) is 20.3. The Kier molecular flexibility index (Phi) is 6.72. The van der Waals surface area contributed by atoms with Crippen LogP contribution in [0.1, 0.15) is 45.9 Å². The quantitative estimate of drug-likeness (QED) is 0.742. The lowest BCUT2D eigenvalue weighted by Crippen LogP contribution is -2.44. The molecule has 1 heterocycles. The molecule has 1 fully saturated rings. The highest BCUT2D eigenvalue weighted by atomic mass is 35.5. The summed E-state index contributed by atoms with van der Waals surface area (Å²) >= 11 is 0. The Balaban J connectivity index is 0.00000243. The third kappa shape index (κ3) is 3.88. The second-order valence-electron chi connectivity index (χ2n) is 6.03. The van der Waals surface area contributed by atoms with Crippen molar-refractivity contribution in [2.75, 3.05) is 19.8 Å². The minimum absolute atomic E-state index is 0. The fraction of sp³-hybridized carbons (Fsp3) is 0.556. The van der Waals surface area contributed by atoms with E-state index in [0.29, 0.717) is 48.8 Å². The van der Waals surface area contributed by atoms with Gasteiger partial charge in [-0.2, -0.15) is 4.98 Å². The molecule has 0 atom stereocenters. The molecule has 0 amide bonds. The minimum atomic E-state index is -0.460. The van der Waals surface area contributed by atoms with Gasteiger partial charge in [-0.15, -0.1) is 12.4 Å². The summed E-state index contributed by atoms with van der Waals surface area (Å²) in [6.45, 7) is 7.29. The van der Waals surface area contributed by atoms with Crippen molar-refractivity contribution in [3.8, 4) is 28.7 Å². The lowest BCUT2D eigenvalue weighted by molar-refractivity contribution is 0.229. The van der Waals surface area contributed by atoms with Crippen molar-refractivity contribution in [1.82, 2.24) is 10.1 Å². The van der Waals surface area contributed by atoms with Gasteiger partial charge in [0.25, 0.3) is 5.89 Å². The number of rotatable bonds is 8. The molecular weight excluding hydrogens is 358 g/mol.